The third-order valence-corrected chi connectivity index (χ3v) is 4.59. The van der Waals surface area contributed by atoms with Crippen molar-refractivity contribution >= 4 is 5.91 Å². The molecule has 8 nitrogen and oxygen atoms in total. The first kappa shape index (κ1) is 15.6. The van der Waals surface area contributed by atoms with Crippen molar-refractivity contribution in [1.29, 1.82) is 0 Å². The number of carbonyl (C=O) groups excluding carboxylic acids is 1. The van der Waals surface area contributed by atoms with Gasteiger partial charge in [0.15, 0.2) is 0 Å². The highest BCUT2D eigenvalue weighted by Gasteiger charge is 2.35. The Labute approximate surface area is 135 Å². The lowest BCUT2D eigenvalue weighted by atomic mass is 9.71. The van der Waals surface area contributed by atoms with Gasteiger partial charge >= 0.3 is 0 Å². The molecule has 0 aliphatic heterocycles. The normalized spacial score (nSPS) is 17.0. The Bertz CT molecular complexity index is 587. The molecule has 0 atom stereocenters. The highest BCUT2D eigenvalue weighted by molar-refractivity contribution is 5.76. The molecule has 0 unspecified atom stereocenters. The molecule has 0 saturated heterocycles. The number of nitrogens with zero attached hydrogens (tertiary/aromatic N) is 6. The molecule has 3 rings (SSSR count). The Morgan fingerprint density at radius 1 is 1.22 bits per heavy atom. The largest absolute Gasteiger partial charge is 0.354 e. The second kappa shape index (κ2) is 7.34. The molecular weight excluding hydrogens is 294 g/mol. The molecule has 2 aromatic heterocycles. The number of imidazole rings is 1. The lowest BCUT2D eigenvalue weighted by Gasteiger charge is -2.36. The summed E-state index contributed by atoms with van der Waals surface area (Å²) in [6.45, 7) is 2.08. The topological polar surface area (TPSA) is 90.5 Å². The van der Waals surface area contributed by atoms with Crippen molar-refractivity contribution in [3.8, 4) is 0 Å². The first-order valence-corrected chi connectivity index (χ1v) is 8.19. The zero-order chi connectivity index (χ0) is 16.0. The van der Waals surface area contributed by atoms with Gasteiger partial charge in [0.2, 0.25) is 5.91 Å². The van der Waals surface area contributed by atoms with Crippen LogP contribution in [0, 0.1) is 5.41 Å². The number of aromatic nitrogens is 6. The predicted molar refractivity (Wildman–Crippen MR) is 83.2 cm³/mol. The third kappa shape index (κ3) is 4.37. The van der Waals surface area contributed by atoms with Crippen LogP contribution in [-0.2, 0) is 17.9 Å². The molecule has 1 fully saturated rings. The summed E-state index contributed by atoms with van der Waals surface area (Å²) in [6, 6.07) is 0. The van der Waals surface area contributed by atoms with Crippen LogP contribution < -0.4 is 5.32 Å². The van der Waals surface area contributed by atoms with Crippen molar-refractivity contribution in [3.63, 3.8) is 0 Å². The minimum atomic E-state index is -0.0211. The van der Waals surface area contributed by atoms with Crippen LogP contribution in [0.4, 0.5) is 0 Å². The summed E-state index contributed by atoms with van der Waals surface area (Å²) in [5.41, 5.74) is -0.0211. The van der Waals surface area contributed by atoms with E-state index in [2.05, 4.69) is 25.8 Å². The molecule has 1 amide bonds. The molecule has 2 aromatic rings. The summed E-state index contributed by atoms with van der Waals surface area (Å²) in [6.07, 6.45) is 13.3. The maximum atomic E-state index is 12.4. The van der Waals surface area contributed by atoms with E-state index in [1.807, 2.05) is 10.8 Å². The molecule has 124 valence electrons. The minimum Gasteiger partial charge on any atom is -0.354 e. The van der Waals surface area contributed by atoms with Gasteiger partial charge in [-0.3, -0.25) is 4.79 Å². The SMILES string of the molecule is O=C(CC1(Cn2cnnn2)CCCCC1)NCCn1ccnc1. The summed E-state index contributed by atoms with van der Waals surface area (Å²) < 4.78 is 3.71. The zero-order valence-corrected chi connectivity index (χ0v) is 13.3. The smallest absolute Gasteiger partial charge is 0.220 e. The van der Waals surface area contributed by atoms with E-state index in [-0.39, 0.29) is 11.3 Å². The highest BCUT2D eigenvalue weighted by atomic mass is 16.1. The van der Waals surface area contributed by atoms with E-state index in [0.29, 0.717) is 13.0 Å². The maximum absolute atomic E-state index is 12.4. The number of carbonyl (C=O) groups is 1. The number of hydrogen-bond donors (Lipinski definition) is 1. The van der Waals surface area contributed by atoms with Crippen LogP contribution in [-0.4, -0.2) is 42.2 Å². The van der Waals surface area contributed by atoms with Crippen LogP contribution in [0.25, 0.3) is 0 Å². The molecule has 0 radical (unpaired) electrons. The van der Waals surface area contributed by atoms with Crippen LogP contribution in [0.15, 0.2) is 25.0 Å². The predicted octanol–water partition coefficient (Wildman–Crippen LogP) is 1.03. The lowest BCUT2D eigenvalue weighted by molar-refractivity contribution is -0.124. The number of tetrazole rings is 1. The second-order valence-electron chi connectivity index (χ2n) is 6.40. The minimum absolute atomic E-state index is 0.0211. The molecule has 1 N–H and O–H groups in total. The molecule has 1 saturated carbocycles. The van der Waals surface area contributed by atoms with Gasteiger partial charge in [0.1, 0.15) is 6.33 Å². The summed E-state index contributed by atoms with van der Waals surface area (Å²) in [4.78, 5) is 16.4. The van der Waals surface area contributed by atoms with Gasteiger partial charge in [-0.1, -0.05) is 19.3 Å². The fraction of sp³-hybridized carbons (Fsp3) is 0.667. The molecule has 1 aliphatic rings. The Kier molecular flexibility index (Phi) is 4.99. The third-order valence-electron chi connectivity index (χ3n) is 4.59. The number of hydrogen-bond acceptors (Lipinski definition) is 5. The molecule has 1 aliphatic carbocycles. The second-order valence-corrected chi connectivity index (χ2v) is 6.40. The van der Waals surface area contributed by atoms with Crippen molar-refractivity contribution in [2.45, 2.75) is 51.6 Å². The average molecular weight is 317 g/mol. The highest BCUT2D eigenvalue weighted by Crippen LogP contribution is 2.40. The number of rotatable bonds is 7. The van der Waals surface area contributed by atoms with Gasteiger partial charge in [0.25, 0.3) is 0 Å². The Morgan fingerprint density at radius 2 is 2.09 bits per heavy atom. The summed E-state index contributed by atoms with van der Waals surface area (Å²) in [5.74, 6) is 0.111. The fourth-order valence-electron chi connectivity index (χ4n) is 3.44. The van der Waals surface area contributed by atoms with E-state index >= 15 is 0 Å². The molecule has 0 bridgehead atoms. The van der Waals surface area contributed by atoms with Gasteiger partial charge < -0.3 is 9.88 Å². The van der Waals surface area contributed by atoms with E-state index in [9.17, 15) is 4.79 Å². The van der Waals surface area contributed by atoms with E-state index in [4.69, 9.17) is 0 Å². The van der Waals surface area contributed by atoms with Crippen molar-refractivity contribution in [3.05, 3.63) is 25.0 Å². The van der Waals surface area contributed by atoms with Crippen molar-refractivity contribution < 1.29 is 4.79 Å². The standard InChI is InChI=1S/C15H23N7O/c23-14(17-7-9-21-8-6-16-12-21)10-15(4-2-1-3-5-15)11-22-13-18-19-20-22/h6,8,12-13H,1-5,7,9-11H2,(H,17,23). The van der Waals surface area contributed by atoms with Crippen LogP contribution in [0.2, 0.25) is 0 Å². The average Bonchev–Trinajstić information content (AvgIpc) is 3.21. The van der Waals surface area contributed by atoms with Gasteiger partial charge in [-0.15, -0.1) is 5.10 Å². The van der Waals surface area contributed by atoms with Gasteiger partial charge in [0.05, 0.1) is 12.9 Å². The van der Waals surface area contributed by atoms with Gasteiger partial charge in [-0.05, 0) is 28.7 Å². The zero-order valence-electron chi connectivity index (χ0n) is 13.3. The fourth-order valence-corrected chi connectivity index (χ4v) is 3.44. The number of nitrogens with one attached hydrogen (secondary N) is 1. The first-order chi connectivity index (χ1) is 11.3. The first-order valence-electron chi connectivity index (χ1n) is 8.19. The van der Waals surface area contributed by atoms with Crippen LogP contribution in [0.5, 0.6) is 0 Å². The molecule has 2 heterocycles. The van der Waals surface area contributed by atoms with Gasteiger partial charge in [-0.2, -0.15) is 0 Å². The molecule has 23 heavy (non-hydrogen) atoms. The van der Waals surface area contributed by atoms with E-state index < -0.39 is 0 Å². The van der Waals surface area contributed by atoms with Crippen LogP contribution in [0.1, 0.15) is 38.5 Å². The molecule has 0 spiro atoms. The molecule has 0 aromatic carbocycles. The summed E-state index contributed by atoms with van der Waals surface area (Å²) in [5, 5.41) is 14.4. The Morgan fingerprint density at radius 3 is 2.78 bits per heavy atom. The van der Waals surface area contributed by atoms with E-state index in [0.717, 1.165) is 25.9 Å². The van der Waals surface area contributed by atoms with Crippen LogP contribution >= 0.6 is 0 Å². The maximum Gasteiger partial charge on any atom is 0.220 e. The Balaban J connectivity index is 1.53. The lowest BCUT2D eigenvalue weighted by Crippen LogP contribution is -2.37. The van der Waals surface area contributed by atoms with Crippen molar-refractivity contribution in [2.24, 2.45) is 5.41 Å². The molecular formula is C15H23N7O. The van der Waals surface area contributed by atoms with Crippen molar-refractivity contribution in [1.82, 2.24) is 35.1 Å². The van der Waals surface area contributed by atoms with Gasteiger partial charge in [0, 0.05) is 31.9 Å². The van der Waals surface area contributed by atoms with E-state index in [1.165, 1.54) is 19.3 Å². The van der Waals surface area contributed by atoms with Gasteiger partial charge in [-0.25, -0.2) is 9.67 Å². The summed E-state index contributed by atoms with van der Waals surface area (Å²) >= 11 is 0. The quantitative estimate of drug-likeness (QED) is 0.823. The van der Waals surface area contributed by atoms with Crippen molar-refractivity contribution in [2.75, 3.05) is 6.54 Å². The monoisotopic (exact) mass is 317 g/mol. The summed E-state index contributed by atoms with van der Waals surface area (Å²) in [7, 11) is 0. The molecule has 8 heteroatoms. The van der Waals surface area contributed by atoms with E-state index in [1.54, 1.807) is 23.5 Å². The van der Waals surface area contributed by atoms with Crippen LogP contribution in [0.3, 0.4) is 0 Å². The Hall–Kier alpha value is -2.25. The number of amides is 1.